The van der Waals surface area contributed by atoms with Crippen LogP contribution in [0, 0.1) is 12.7 Å². The molecule has 0 aliphatic rings. The largest absolute Gasteiger partial charge is 0.331 e. The molecular formula is C9H9FN4O. The first-order valence-corrected chi connectivity index (χ1v) is 4.32. The second-order valence-electron chi connectivity index (χ2n) is 3.20. The van der Waals surface area contributed by atoms with E-state index in [0.717, 1.165) is 0 Å². The van der Waals surface area contributed by atoms with Crippen LogP contribution in [0.25, 0.3) is 11.5 Å². The monoisotopic (exact) mass is 208 g/mol. The topological polar surface area (TPSA) is 63.6 Å². The summed E-state index contributed by atoms with van der Waals surface area (Å²) in [6, 6.07) is 0. The van der Waals surface area contributed by atoms with E-state index < -0.39 is 11.4 Å². The summed E-state index contributed by atoms with van der Waals surface area (Å²) >= 11 is 0. The summed E-state index contributed by atoms with van der Waals surface area (Å²) in [5.41, 5.74) is -0.0520. The molecule has 0 bridgehead atoms. The Morgan fingerprint density at radius 2 is 2.27 bits per heavy atom. The molecule has 2 heterocycles. The molecule has 0 fully saturated rings. The SMILES string of the molecule is Cc1nc(-c2cncn2C)[nH]c(=O)c1F. The maximum absolute atomic E-state index is 13.0. The second-order valence-corrected chi connectivity index (χ2v) is 3.20. The van der Waals surface area contributed by atoms with Crippen molar-refractivity contribution in [3.63, 3.8) is 0 Å². The van der Waals surface area contributed by atoms with E-state index in [9.17, 15) is 9.18 Å². The van der Waals surface area contributed by atoms with Crippen molar-refractivity contribution in [2.24, 2.45) is 7.05 Å². The van der Waals surface area contributed by atoms with Crippen LogP contribution in [0.2, 0.25) is 0 Å². The average molecular weight is 208 g/mol. The molecule has 0 atom stereocenters. The number of hydrogen-bond donors (Lipinski definition) is 1. The van der Waals surface area contributed by atoms with Gasteiger partial charge in [0, 0.05) is 7.05 Å². The van der Waals surface area contributed by atoms with Crippen molar-refractivity contribution in [2.75, 3.05) is 0 Å². The Kier molecular flexibility index (Phi) is 2.11. The molecule has 0 spiro atoms. The minimum atomic E-state index is -0.846. The Bertz CT molecular complexity index is 557. The van der Waals surface area contributed by atoms with E-state index >= 15 is 0 Å². The van der Waals surface area contributed by atoms with Crippen LogP contribution in [-0.4, -0.2) is 19.5 Å². The fraction of sp³-hybridized carbons (Fsp3) is 0.222. The highest BCUT2D eigenvalue weighted by atomic mass is 19.1. The lowest BCUT2D eigenvalue weighted by molar-refractivity contribution is 0.589. The van der Waals surface area contributed by atoms with Crippen molar-refractivity contribution in [1.29, 1.82) is 0 Å². The number of aromatic amines is 1. The Morgan fingerprint density at radius 1 is 1.53 bits per heavy atom. The molecule has 0 unspecified atom stereocenters. The van der Waals surface area contributed by atoms with Gasteiger partial charge in [0.15, 0.2) is 5.82 Å². The number of aromatic nitrogens is 4. The molecule has 2 aromatic rings. The zero-order valence-corrected chi connectivity index (χ0v) is 8.28. The minimum absolute atomic E-state index is 0.0787. The van der Waals surface area contributed by atoms with Gasteiger partial charge in [-0.25, -0.2) is 9.97 Å². The van der Waals surface area contributed by atoms with Crippen molar-refractivity contribution in [1.82, 2.24) is 19.5 Å². The van der Waals surface area contributed by atoms with Gasteiger partial charge in [0.2, 0.25) is 5.82 Å². The van der Waals surface area contributed by atoms with Gasteiger partial charge in [-0.05, 0) is 6.92 Å². The molecule has 15 heavy (non-hydrogen) atoms. The highest BCUT2D eigenvalue weighted by molar-refractivity contribution is 5.48. The molecule has 0 aliphatic heterocycles. The summed E-state index contributed by atoms with van der Waals surface area (Å²) in [6.07, 6.45) is 3.13. The Labute approximate surface area is 84.6 Å². The maximum Gasteiger partial charge on any atom is 0.287 e. The fourth-order valence-corrected chi connectivity index (χ4v) is 1.28. The first kappa shape index (κ1) is 9.57. The summed E-state index contributed by atoms with van der Waals surface area (Å²) in [5.74, 6) is -0.528. The van der Waals surface area contributed by atoms with Crippen molar-refractivity contribution in [3.05, 3.63) is 34.4 Å². The van der Waals surface area contributed by atoms with E-state index in [1.54, 1.807) is 24.1 Å². The number of nitrogens with one attached hydrogen (secondary N) is 1. The third kappa shape index (κ3) is 1.54. The highest BCUT2D eigenvalue weighted by Crippen LogP contribution is 2.11. The fourth-order valence-electron chi connectivity index (χ4n) is 1.28. The Hall–Kier alpha value is -1.98. The van der Waals surface area contributed by atoms with Crippen LogP contribution in [0.5, 0.6) is 0 Å². The van der Waals surface area contributed by atoms with E-state index in [1.807, 2.05) is 0 Å². The van der Waals surface area contributed by atoms with E-state index in [1.165, 1.54) is 6.92 Å². The number of rotatable bonds is 1. The van der Waals surface area contributed by atoms with Gasteiger partial charge in [0.1, 0.15) is 5.69 Å². The second kappa shape index (κ2) is 3.30. The Balaban J connectivity index is 2.66. The predicted molar refractivity (Wildman–Crippen MR) is 51.8 cm³/mol. The summed E-state index contributed by atoms with van der Waals surface area (Å²) in [6.45, 7) is 1.45. The van der Waals surface area contributed by atoms with Gasteiger partial charge >= 0.3 is 0 Å². The average Bonchev–Trinajstić information content (AvgIpc) is 2.60. The summed E-state index contributed by atoms with van der Waals surface area (Å²) < 4.78 is 14.7. The van der Waals surface area contributed by atoms with Crippen LogP contribution < -0.4 is 5.56 Å². The lowest BCUT2D eigenvalue weighted by Crippen LogP contribution is -2.16. The van der Waals surface area contributed by atoms with Crippen molar-refractivity contribution < 1.29 is 4.39 Å². The van der Waals surface area contributed by atoms with Gasteiger partial charge < -0.3 is 9.55 Å². The predicted octanol–water partition coefficient (Wildman–Crippen LogP) is 0.618. The van der Waals surface area contributed by atoms with Gasteiger partial charge in [-0.1, -0.05) is 0 Å². The quantitative estimate of drug-likeness (QED) is 0.747. The standard InChI is InChI=1S/C9H9FN4O/c1-5-7(10)9(15)13-8(12-5)6-3-11-4-14(6)2/h3-4H,1-2H3,(H,12,13,15). The molecule has 0 saturated heterocycles. The molecule has 78 valence electrons. The van der Waals surface area contributed by atoms with Crippen LogP contribution in [0.1, 0.15) is 5.69 Å². The van der Waals surface area contributed by atoms with Crippen LogP contribution in [0.3, 0.4) is 0 Å². The maximum atomic E-state index is 13.0. The summed E-state index contributed by atoms with van der Waals surface area (Å²) in [4.78, 5) is 21.4. The van der Waals surface area contributed by atoms with Gasteiger partial charge in [-0.15, -0.1) is 0 Å². The molecule has 0 aromatic carbocycles. The van der Waals surface area contributed by atoms with Gasteiger partial charge in [-0.2, -0.15) is 4.39 Å². The highest BCUT2D eigenvalue weighted by Gasteiger charge is 2.10. The molecule has 0 saturated carbocycles. The molecule has 1 N–H and O–H groups in total. The van der Waals surface area contributed by atoms with E-state index in [-0.39, 0.29) is 5.69 Å². The molecule has 5 nitrogen and oxygen atoms in total. The summed E-state index contributed by atoms with van der Waals surface area (Å²) in [7, 11) is 1.76. The van der Waals surface area contributed by atoms with E-state index in [0.29, 0.717) is 11.5 Å². The summed E-state index contributed by atoms with van der Waals surface area (Å²) in [5, 5.41) is 0. The van der Waals surface area contributed by atoms with Crippen LogP contribution in [0.15, 0.2) is 17.3 Å². The van der Waals surface area contributed by atoms with Gasteiger partial charge in [-0.3, -0.25) is 4.79 Å². The minimum Gasteiger partial charge on any atom is -0.331 e. The molecule has 2 rings (SSSR count). The molecular weight excluding hydrogens is 199 g/mol. The third-order valence-corrected chi connectivity index (χ3v) is 2.09. The lowest BCUT2D eigenvalue weighted by atomic mass is 10.3. The first-order valence-electron chi connectivity index (χ1n) is 4.32. The number of aryl methyl sites for hydroxylation is 2. The Morgan fingerprint density at radius 3 is 2.80 bits per heavy atom. The molecule has 0 radical (unpaired) electrons. The van der Waals surface area contributed by atoms with Crippen molar-refractivity contribution >= 4 is 0 Å². The molecule has 0 amide bonds. The molecule has 0 aliphatic carbocycles. The zero-order valence-electron chi connectivity index (χ0n) is 8.28. The number of halogens is 1. The first-order chi connectivity index (χ1) is 7.09. The number of hydrogen-bond acceptors (Lipinski definition) is 3. The normalized spacial score (nSPS) is 10.6. The smallest absolute Gasteiger partial charge is 0.287 e. The van der Waals surface area contributed by atoms with Crippen LogP contribution in [0.4, 0.5) is 4.39 Å². The van der Waals surface area contributed by atoms with Crippen LogP contribution >= 0.6 is 0 Å². The van der Waals surface area contributed by atoms with E-state index in [2.05, 4.69) is 15.0 Å². The zero-order chi connectivity index (χ0) is 11.0. The van der Waals surface area contributed by atoms with Crippen molar-refractivity contribution in [2.45, 2.75) is 6.92 Å². The molecule has 6 heteroatoms. The van der Waals surface area contributed by atoms with Crippen LogP contribution in [-0.2, 0) is 7.05 Å². The number of imidazole rings is 1. The number of H-pyrrole nitrogens is 1. The number of nitrogens with zero attached hydrogens (tertiary/aromatic N) is 3. The van der Waals surface area contributed by atoms with Crippen molar-refractivity contribution in [3.8, 4) is 11.5 Å². The third-order valence-electron chi connectivity index (χ3n) is 2.09. The van der Waals surface area contributed by atoms with E-state index in [4.69, 9.17) is 0 Å². The lowest BCUT2D eigenvalue weighted by Gasteiger charge is -2.02. The van der Waals surface area contributed by atoms with Gasteiger partial charge in [0.25, 0.3) is 5.56 Å². The molecule has 2 aromatic heterocycles. The van der Waals surface area contributed by atoms with Gasteiger partial charge in [0.05, 0.1) is 18.2 Å².